The SMILES string of the molecule is CN(CCO)c1ccc(NC(=O)c2ccoc2)cc1. The minimum atomic E-state index is -0.204. The summed E-state index contributed by atoms with van der Waals surface area (Å²) < 4.78 is 4.86. The summed E-state index contributed by atoms with van der Waals surface area (Å²) in [5.74, 6) is -0.204. The Kier molecular flexibility index (Phi) is 4.20. The molecule has 0 spiro atoms. The summed E-state index contributed by atoms with van der Waals surface area (Å²) in [6, 6.07) is 9.03. The predicted octanol–water partition coefficient (Wildman–Crippen LogP) is 1.96. The molecule has 0 atom stereocenters. The predicted molar refractivity (Wildman–Crippen MR) is 73.5 cm³/mol. The Balaban J connectivity index is 2.01. The Hall–Kier alpha value is -2.27. The van der Waals surface area contributed by atoms with Crippen LogP contribution in [0.25, 0.3) is 0 Å². The number of aliphatic hydroxyl groups is 1. The Morgan fingerprint density at radius 1 is 1.32 bits per heavy atom. The maximum atomic E-state index is 11.8. The van der Waals surface area contributed by atoms with Gasteiger partial charge in [-0.25, -0.2) is 0 Å². The third-order valence-corrected chi connectivity index (χ3v) is 2.78. The highest BCUT2D eigenvalue weighted by atomic mass is 16.3. The average Bonchev–Trinajstić information content (AvgIpc) is 2.94. The maximum absolute atomic E-state index is 11.8. The van der Waals surface area contributed by atoms with Crippen LogP contribution in [0.2, 0.25) is 0 Å². The first-order chi connectivity index (χ1) is 9.20. The smallest absolute Gasteiger partial charge is 0.258 e. The number of hydrogen-bond donors (Lipinski definition) is 2. The second-order valence-corrected chi connectivity index (χ2v) is 4.16. The van der Waals surface area contributed by atoms with Crippen LogP contribution in [0.4, 0.5) is 11.4 Å². The van der Waals surface area contributed by atoms with E-state index in [-0.39, 0.29) is 12.5 Å². The Bertz CT molecular complexity index is 520. The number of carbonyl (C=O) groups is 1. The van der Waals surface area contributed by atoms with Crippen molar-refractivity contribution in [2.75, 3.05) is 30.4 Å². The summed E-state index contributed by atoms with van der Waals surface area (Å²) >= 11 is 0. The molecule has 5 nitrogen and oxygen atoms in total. The molecule has 2 N–H and O–H groups in total. The molecule has 19 heavy (non-hydrogen) atoms. The number of nitrogens with one attached hydrogen (secondary N) is 1. The molecule has 5 heteroatoms. The van der Waals surface area contributed by atoms with E-state index >= 15 is 0 Å². The summed E-state index contributed by atoms with van der Waals surface area (Å²) in [5.41, 5.74) is 2.18. The molecule has 0 aliphatic carbocycles. The van der Waals surface area contributed by atoms with Crippen LogP contribution in [0, 0.1) is 0 Å². The number of carbonyl (C=O) groups excluding carboxylic acids is 1. The molecule has 0 aliphatic heterocycles. The van der Waals surface area contributed by atoms with Gasteiger partial charge >= 0.3 is 0 Å². The quantitative estimate of drug-likeness (QED) is 0.862. The lowest BCUT2D eigenvalue weighted by Gasteiger charge is -2.18. The van der Waals surface area contributed by atoms with Gasteiger partial charge in [-0.3, -0.25) is 4.79 Å². The van der Waals surface area contributed by atoms with Gasteiger partial charge in [0.1, 0.15) is 6.26 Å². The van der Waals surface area contributed by atoms with Crippen molar-refractivity contribution in [3.05, 3.63) is 48.4 Å². The molecule has 0 saturated heterocycles. The summed E-state index contributed by atoms with van der Waals surface area (Å²) in [4.78, 5) is 13.7. The monoisotopic (exact) mass is 260 g/mol. The zero-order valence-electron chi connectivity index (χ0n) is 10.7. The fourth-order valence-corrected chi connectivity index (χ4v) is 1.68. The van der Waals surface area contributed by atoms with E-state index in [1.807, 2.05) is 36.2 Å². The second kappa shape index (κ2) is 6.06. The Morgan fingerprint density at radius 2 is 2.05 bits per heavy atom. The number of amides is 1. The van der Waals surface area contributed by atoms with Crippen LogP contribution in [0.15, 0.2) is 47.3 Å². The van der Waals surface area contributed by atoms with E-state index in [9.17, 15) is 4.79 Å². The van der Waals surface area contributed by atoms with Gasteiger partial charge in [0, 0.05) is 25.0 Å². The third kappa shape index (κ3) is 3.35. The number of hydrogen-bond acceptors (Lipinski definition) is 4. The lowest BCUT2D eigenvalue weighted by molar-refractivity contribution is 0.102. The van der Waals surface area contributed by atoms with Gasteiger partial charge in [-0.1, -0.05) is 0 Å². The molecular formula is C14H16N2O3. The van der Waals surface area contributed by atoms with Crippen molar-refractivity contribution < 1.29 is 14.3 Å². The van der Waals surface area contributed by atoms with Crippen LogP contribution in [-0.2, 0) is 0 Å². The van der Waals surface area contributed by atoms with Crippen molar-refractivity contribution in [1.29, 1.82) is 0 Å². The fourth-order valence-electron chi connectivity index (χ4n) is 1.68. The average molecular weight is 260 g/mol. The molecule has 2 aromatic rings. The number of nitrogens with zero attached hydrogens (tertiary/aromatic N) is 1. The highest BCUT2D eigenvalue weighted by Crippen LogP contribution is 2.17. The summed E-state index contributed by atoms with van der Waals surface area (Å²) in [7, 11) is 1.90. The van der Waals surface area contributed by atoms with Gasteiger partial charge in [-0.15, -0.1) is 0 Å². The van der Waals surface area contributed by atoms with Gasteiger partial charge in [-0.2, -0.15) is 0 Å². The molecule has 0 bridgehead atoms. The number of likely N-dealkylation sites (N-methyl/N-ethyl adjacent to an activating group) is 1. The van der Waals surface area contributed by atoms with Gasteiger partial charge in [0.25, 0.3) is 5.91 Å². The van der Waals surface area contributed by atoms with E-state index in [1.54, 1.807) is 6.07 Å². The van der Waals surface area contributed by atoms with Crippen LogP contribution in [-0.4, -0.2) is 31.2 Å². The lowest BCUT2D eigenvalue weighted by Crippen LogP contribution is -2.21. The van der Waals surface area contributed by atoms with Crippen molar-refractivity contribution in [2.24, 2.45) is 0 Å². The van der Waals surface area contributed by atoms with Crippen LogP contribution in [0.5, 0.6) is 0 Å². The van der Waals surface area contributed by atoms with Crippen molar-refractivity contribution in [3.63, 3.8) is 0 Å². The minimum absolute atomic E-state index is 0.107. The molecule has 2 rings (SSSR count). The normalized spacial score (nSPS) is 10.2. The first-order valence-electron chi connectivity index (χ1n) is 5.96. The highest BCUT2D eigenvalue weighted by molar-refractivity contribution is 6.04. The van der Waals surface area contributed by atoms with Gasteiger partial charge in [0.15, 0.2) is 0 Å². The van der Waals surface area contributed by atoms with Crippen LogP contribution in [0.1, 0.15) is 10.4 Å². The molecule has 1 heterocycles. The first kappa shape index (κ1) is 13.2. The molecule has 0 unspecified atom stereocenters. The molecule has 1 amide bonds. The molecule has 1 aromatic carbocycles. The summed E-state index contributed by atoms with van der Waals surface area (Å²) in [6.07, 6.45) is 2.86. The van der Waals surface area contributed by atoms with Gasteiger partial charge in [-0.05, 0) is 30.3 Å². The maximum Gasteiger partial charge on any atom is 0.258 e. The largest absolute Gasteiger partial charge is 0.472 e. The van der Waals surface area contributed by atoms with Crippen molar-refractivity contribution in [3.8, 4) is 0 Å². The Labute approximate surface area is 111 Å². The van der Waals surface area contributed by atoms with Gasteiger partial charge < -0.3 is 19.7 Å². The van der Waals surface area contributed by atoms with Crippen molar-refractivity contribution in [1.82, 2.24) is 0 Å². The van der Waals surface area contributed by atoms with Crippen LogP contribution >= 0.6 is 0 Å². The molecule has 100 valence electrons. The van der Waals surface area contributed by atoms with E-state index in [2.05, 4.69) is 5.32 Å². The molecule has 0 fully saturated rings. The van der Waals surface area contributed by atoms with Crippen LogP contribution < -0.4 is 10.2 Å². The van der Waals surface area contributed by atoms with Gasteiger partial charge in [0.05, 0.1) is 18.4 Å². The second-order valence-electron chi connectivity index (χ2n) is 4.16. The number of benzene rings is 1. The number of furan rings is 1. The lowest BCUT2D eigenvalue weighted by atomic mass is 10.2. The Morgan fingerprint density at radius 3 is 2.63 bits per heavy atom. The van der Waals surface area contributed by atoms with E-state index in [0.29, 0.717) is 17.8 Å². The fraction of sp³-hybridized carbons (Fsp3) is 0.214. The minimum Gasteiger partial charge on any atom is -0.472 e. The van der Waals surface area contributed by atoms with E-state index in [0.717, 1.165) is 5.69 Å². The zero-order chi connectivity index (χ0) is 13.7. The van der Waals surface area contributed by atoms with Crippen molar-refractivity contribution >= 4 is 17.3 Å². The topological polar surface area (TPSA) is 65.7 Å². The standard InChI is InChI=1S/C14H16N2O3/c1-16(7-8-17)13-4-2-12(3-5-13)15-14(18)11-6-9-19-10-11/h2-6,9-10,17H,7-8H2,1H3,(H,15,18). The molecule has 0 aliphatic rings. The number of aliphatic hydroxyl groups excluding tert-OH is 1. The van der Waals surface area contributed by atoms with E-state index < -0.39 is 0 Å². The number of anilines is 2. The zero-order valence-corrected chi connectivity index (χ0v) is 10.7. The first-order valence-corrected chi connectivity index (χ1v) is 5.96. The van der Waals surface area contributed by atoms with Gasteiger partial charge in [0.2, 0.25) is 0 Å². The molecule has 0 radical (unpaired) electrons. The van der Waals surface area contributed by atoms with Crippen molar-refractivity contribution in [2.45, 2.75) is 0 Å². The van der Waals surface area contributed by atoms with E-state index in [1.165, 1.54) is 12.5 Å². The molecule has 0 saturated carbocycles. The third-order valence-electron chi connectivity index (χ3n) is 2.78. The van der Waals surface area contributed by atoms with E-state index in [4.69, 9.17) is 9.52 Å². The summed E-state index contributed by atoms with van der Waals surface area (Å²) in [5, 5.41) is 11.6. The number of rotatable bonds is 5. The summed E-state index contributed by atoms with van der Waals surface area (Å²) in [6.45, 7) is 0.677. The molecular weight excluding hydrogens is 244 g/mol. The highest BCUT2D eigenvalue weighted by Gasteiger charge is 2.07. The molecule has 1 aromatic heterocycles. The van der Waals surface area contributed by atoms with Crippen LogP contribution in [0.3, 0.4) is 0 Å².